The number of hydrogen-bond donors (Lipinski definition) is 0. The molecule has 0 N–H and O–H groups in total. The Hall–Kier alpha value is -1.30. The van der Waals surface area contributed by atoms with Crippen LogP contribution < -0.4 is 0 Å². The van der Waals surface area contributed by atoms with Crippen molar-refractivity contribution in [2.24, 2.45) is 29.6 Å². The summed E-state index contributed by atoms with van der Waals surface area (Å²) in [4.78, 5) is 0. The third-order valence-electron chi connectivity index (χ3n) is 9.56. The molecule has 0 aliphatic heterocycles. The molecule has 1 aromatic rings. The molecule has 188 valence electrons. The molecule has 2 atom stereocenters. The van der Waals surface area contributed by atoms with Crippen molar-refractivity contribution < 1.29 is 0 Å². The maximum atomic E-state index is 2.62. The number of hydrogen-bond acceptors (Lipinski definition) is 0. The second kappa shape index (κ2) is 13.7. The third kappa shape index (κ3) is 7.60. The van der Waals surface area contributed by atoms with Crippen LogP contribution in [0.5, 0.6) is 0 Å². The highest BCUT2D eigenvalue weighted by atomic mass is 14.3. The summed E-state index contributed by atoms with van der Waals surface area (Å²) in [5, 5.41) is 0. The van der Waals surface area contributed by atoms with Crippen LogP contribution in [0.4, 0.5) is 0 Å². The lowest BCUT2D eigenvalue weighted by Crippen LogP contribution is -2.23. The number of benzene rings is 1. The molecule has 1 aromatic carbocycles. The highest BCUT2D eigenvalue weighted by Gasteiger charge is 2.28. The first-order chi connectivity index (χ1) is 16.7. The van der Waals surface area contributed by atoms with E-state index in [2.05, 4.69) is 62.4 Å². The predicted octanol–water partition coefficient (Wildman–Crippen LogP) is 10.4. The second-order valence-corrected chi connectivity index (χ2v) is 12.1. The minimum Gasteiger partial charge on any atom is -0.0848 e. The van der Waals surface area contributed by atoms with E-state index in [9.17, 15) is 0 Å². The monoisotopic (exact) mass is 460 g/mol. The van der Waals surface area contributed by atoms with Gasteiger partial charge in [0.05, 0.1) is 0 Å². The molecule has 3 aliphatic carbocycles. The molecule has 3 aliphatic rings. The molecule has 34 heavy (non-hydrogen) atoms. The largest absolute Gasteiger partial charge is 0.0848 e. The van der Waals surface area contributed by atoms with Crippen molar-refractivity contribution >= 4 is 0 Å². The van der Waals surface area contributed by atoms with E-state index in [0.29, 0.717) is 5.92 Å². The van der Waals surface area contributed by atoms with Gasteiger partial charge in [-0.25, -0.2) is 0 Å². The Bertz CT molecular complexity index is 737. The Morgan fingerprint density at radius 2 is 1.47 bits per heavy atom. The summed E-state index contributed by atoms with van der Waals surface area (Å²) in [6.45, 7) is 4.64. The van der Waals surface area contributed by atoms with Gasteiger partial charge in [0.2, 0.25) is 0 Å². The Morgan fingerprint density at radius 3 is 2.12 bits per heavy atom. The Kier molecular flexibility index (Phi) is 10.4. The SMILES string of the molecule is CCCCCc1ccc(C2CCC(/C=C/C3C=CC(C4CCC(CCC)CC4)CC3)CC2)cc1. The molecule has 0 saturated heterocycles. The summed E-state index contributed by atoms with van der Waals surface area (Å²) in [5.74, 6) is 5.19. The number of unbranched alkanes of at least 4 members (excludes halogenated alkanes) is 2. The summed E-state index contributed by atoms with van der Waals surface area (Å²) in [6.07, 6.45) is 32.7. The summed E-state index contributed by atoms with van der Waals surface area (Å²) in [6, 6.07) is 9.66. The van der Waals surface area contributed by atoms with Crippen molar-refractivity contribution in [3.8, 4) is 0 Å². The molecule has 0 spiro atoms. The lowest BCUT2D eigenvalue weighted by molar-refractivity contribution is 0.207. The highest BCUT2D eigenvalue weighted by molar-refractivity contribution is 5.26. The Labute approximate surface area is 211 Å². The molecule has 0 nitrogen and oxygen atoms in total. The first kappa shape index (κ1) is 25.8. The van der Waals surface area contributed by atoms with Gasteiger partial charge in [-0.1, -0.05) is 101 Å². The van der Waals surface area contributed by atoms with Gasteiger partial charge < -0.3 is 0 Å². The number of aryl methyl sites for hydroxylation is 1. The first-order valence-electron chi connectivity index (χ1n) is 15.2. The van der Waals surface area contributed by atoms with Crippen LogP contribution in [0, 0.1) is 29.6 Å². The summed E-state index contributed by atoms with van der Waals surface area (Å²) < 4.78 is 0. The lowest BCUT2D eigenvalue weighted by Gasteiger charge is -2.34. The zero-order chi connectivity index (χ0) is 23.6. The zero-order valence-corrected chi connectivity index (χ0v) is 22.4. The van der Waals surface area contributed by atoms with Crippen LogP contribution in [0.1, 0.15) is 127 Å². The van der Waals surface area contributed by atoms with E-state index in [4.69, 9.17) is 0 Å². The first-order valence-corrected chi connectivity index (χ1v) is 15.2. The minimum absolute atomic E-state index is 0.700. The van der Waals surface area contributed by atoms with Crippen molar-refractivity contribution in [3.63, 3.8) is 0 Å². The standard InChI is InChI=1S/C34H52/c1-3-5-6-8-28-13-21-32(22-14-28)34-25-17-30(18-26-34)10-9-29-15-23-33(24-16-29)31-19-11-27(7-4-2)12-20-31/h9-10,13-15,21-23,27,29-31,33-34H,3-8,11-12,16-20,24-26H2,1-2H3/b10-9+. The van der Waals surface area contributed by atoms with Gasteiger partial charge in [-0.2, -0.15) is 0 Å². The molecule has 0 amide bonds. The maximum absolute atomic E-state index is 2.62. The smallest absolute Gasteiger partial charge is 0.00531 e. The maximum Gasteiger partial charge on any atom is -0.00531 e. The van der Waals surface area contributed by atoms with Gasteiger partial charge in [0, 0.05) is 0 Å². The van der Waals surface area contributed by atoms with Crippen molar-refractivity contribution in [1.29, 1.82) is 0 Å². The van der Waals surface area contributed by atoms with Crippen LogP contribution in [-0.4, -0.2) is 0 Å². The van der Waals surface area contributed by atoms with Gasteiger partial charge >= 0.3 is 0 Å². The predicted molar refractivity (Wildman–Crippen MR) is 149 cm³/mol. The molecule has 0 heteroatoms. The third-order valence-corrected chi connectivity index (χ3v) is 9.56. The molecular formula is C34H52. The van der Waals surface area contributed by atoms with E-state index in [1.165, 1.54) is 108 Å². The van der Waals surface area contributed by atoms with Crippen LogP contribution in [0.15, 0.2) is 48.6 Å². The zero-order valence-electron chi connectivity index (χ0n) is 22.4. The Balaban J connectivity index is 1.17. The number of rotatable bonds is 10. The Morgan fingerprint density at radius 1 is 0.706 bits per heavy atom. The van der Waals surface area contributed by atoms with Gasteiger partial charge in [0.25, 0.3) is 0 Å². The molecule has 2 saturated carbocycles. The van der Waals surface area contributed by atoms with E-state index in [-0.39, 0.29) is 0 Å². The van der Waals surface area contributed by atoms with Gasteiger partial charge in [-0.05, 0) is 111 Å². The fourth-order valence-corrected chi connectivity index (χ4v) is 7.21. The quantitative estimate of drug-likeness (QED) is 0.240. The van der Waals surface area contributed by atoms with E-state index in [1.807, 2.05) is 0 Å². The van der Waals surface area contributed by atoms with Crippen molar-refractivity contribution in [1.82, 2.24) is 0 Å². The van der Waals surface area contributed by atoms with Crippen LogP contribution in [0.2, 0.25) is 0 Å². The summed E-state index contributed by atoms with van der Waals surface area (Å²) >= 11 is 0. The molecule has 0 radical (unpaired) electrons. The molecular weight excluding hydrogens is 408 g/mol. The van der Waals surface area contributed by atoms with Crippen molar-refractivity contribution in [3.05, 3.63) is 59.7 Å². The van der Waals surface area contributed by atoms with Crippen LogP contribution in [0.3, 0.4) is 0 Å². The van der Waals surface area contributed by atoms with Crippen LogP contribution in [-0.2, 0) is 6.42 Å². The molecule has 0 aromatic heterocycles. The van der Waals surface area contributed by atoms with Crippen LogP contribution in [0.25, 0.3) is 0 Å². The van der Waals surface area contributed by atoms with Crippen molar-refractivity contribution in [2.45, 2.75) is 122 Å². The second-order valence-electron chi connectivity index (χ2n) is 12.1. The lowest BCUT2D eigenvalue weighted by atomic mass is 9.71. The normalized spacial score (nSPS) is 32.3. The fourth-order valence-electron chi connectivity index (χ4n) is 7.21. The highest BCUT2D eigenvalue weighted by Crippen LogP contribution is 2.40. The van der Waals surface area contributed by atoms with Gasteiger partial charge in [0.1, 0.15) is 0 Å². The summed E-state index contributed by atoms with van der Waals surface area (Å²) in [5.41, 5.74) is 3.12. The summed E-state index contributed by atoms with van der Waals surface area (Å²) in [7, 11) is 0. The van der Waals surface area contributed by atoms with Gasteiger partial charge in [-0.15, -0.1) is 0 Å². The van der Waals surface area contributed by atoms with Gasteiger partial charge in [0.15, 0.2) is 0 Å². The molecule has 0 bridgehead atoms. The van der Waals surface area contributed by atoms with Crippen LogP contribution >= 0.6 is 0 Å². The molecule has 2 unspecified atom stereocenters. The van der Waals surface area contributed by atoms with E-state index in [1.54, 1.807) is 5.56 Å². The molecule has 0 heterocycles. The molecule has 2 fully saturated rings. The van der Waals surface area contributed by atoms with Crippen molar-refractivity contribution in [2.75, 3.05) is 0 Å². The average Bonchev–Trinajstić information content (AvgIpc) is 2.89. The van der Waals surface area contributed by atoms with E-state index in [0.717, 1.165) is 29.6 Å². The van der Waals surface area contributed by atoms with E-state index < -0.39 is 0 Å². The van der Waals surface area contributed by atoms with E-state index >= 15 is 0 Å². The number of allylic oxidation sites excluding steroid dienone is 4. The minimum atomic E-state index is 0.700. The topological polar surface area (TPSA) is 0 Å². The average molecular weight is 461 g/mol. The fraction of sp³-hybridized carbons (Fsp3) is 0.706. The van der Waals surface area contributed by atoms with Gasteiger partial charge in [-0.3, -0.25) is 0 Å². The molecule has 4 rings (SSSR count).